The SMILES string of the molecule is Cc1ccc2ccccc2c1C(Br)CC(C)(C)C. The quantitative estimate of drug-likeness (QED) is 0.595. The van der Waals surface area contributed by atoms with Gasteiger partial charge in [0.25, 0.3) is 0 Å². The van der Waals surface area contributed by atoms with E-state index in [0.717, 1.165) is 6.42 Å². The van der Waals surface area contributed by atoms with Crippen LogP contribution in [0.2, 0.25) is 0 Å². The van der Waals surface area contributed by atoms with Gasteiger partial charge in [-0.1, -0.05) is 73.1 Å². The van der Waals surface area contributed by atoms with E-state index in [4.69, 9.17) is 0 Å². The zero-order valence-corrected chi connectivity index (χ0v) is 13.2. The molecule has 0 amide bonds. The van der Waals surface area contributed by atoms with Crippen LogP contribution in [0.3, 0.4) is 0 Å². The second-order valence-electron chi connectivity index (χ2n) is 6.25. The van der Waals surface area contributed by atoms with Crippen LogP contribution in [-0.2, 0) is 0 Å². The van der Waals surface area contributed by atoms with Crippen molar-refractivity contribution in [3.05, 3.63) is 47.5 Å². The van der Waals surface area contributed by atoms with E-state index in [9.17, 15) is 0 Å². The summed E-state index contributed by atoms with van der Waals surface area (Å²) >= 11 is 3.89. The molecule has 1 atom stereocenters. The average Bonchev–Trinajstić information content (AvgIpc) is 2.26. The summed E-state index contributed by atoms with van der Waals surface area (Å²) in [6, 6.07) is 13.1. The normalized spacial score (nSPS) is 13.8. The van der Waals surface area contributed by atoms with Crippen LogP contribution in [0.4, 0.5) is 0 Å². The lowest BCUT2D eigenvalue weighted by Crippen LogP contribution is -2.09. The summed E-state index contributed by atoms with van der Waals surface area (Å²) in [4.78, 5) is 0.420. The molecule has 1 heteroatoms. The van der Waals surface area contributed by atoms with Gasteiger partial charge in [-0.2, -0.15) is 0 Å². The minimum atomic E-state index is 0.331. The van der Waals surface area contributed by atoms with Crippen LogP contribution in [0.5, 0.6) is 0 Å². The van der Waals surface area contributed by atoms with Gasteiger partial charge in [-0.25, -0.2) is 0 Å². The Labute approximate surface area is 119 Å². The molecule has 0 bridgehead atoms. The van der Waals surface area contributed by atoms with Gasteiger partial charge < -0.3 is 0 Å². The summed E-state index contributed by atoms with van der Waals surface area (Å²) < 4.78 is 0. The van der Waals surface area contributed by atoms with Gasteiger partial charge in [0.2, 0.25) is 0 Å². The van der Waals surface area contributed by atoms with Crippen molar-refractivity contribution in [3.8, 4) is 0 Å². The third-order valence-corrected chi connectivity index (χ3v) is 4.08. The fourth-order valence-electron chi connectivity index (χ4n) is 2.46. The zero-order valence-electron chi connectivity index (χ0n) is 11.6. The molecule has 0 aromatic heterocycles. The predicted octanol–water partition coefficient (Wildman–Crippen LogP) is 6.02. The molecule has 0 saturated heterocycles. The Hall–Kier alpha value is -0.820. The molecular weight excluding hydrogens is 284 g/mol. The first kappa shape index (κ1) is 13.6. The number of hydrogen-bond donors (Lipinski definition) is 0. The Balaban J connectivity index is 2.52. The smallest absolute Gasteiger partial charge is 0.0409 e. The van der Waals surface area contributed by atoms with Gasteiger partial charge in [-0.3, -0.25) is 0 Å². The lowest BCUT2D eigenvalue weighted by molar-refractivity contribution is 0.377. The monoisotopic (exact) mass is 304 g/mol. The van der Waals surface area contributed by atoms with Crippen molar-refractivity contribution < 1.29 is 0 Å². The van der Waals surface area contributed by atoms with Crippen molar-refractivity contribution in [1.82, 2.24) is 0 Å². The highest BCUT2D eigenvalue weighted by Crippen LogP contribution is 2.40. The summed E-state index contributed by atoms with van der Waals surface area (Å²) in [7, 11) is 0. The molecule has 0 nitrogen and oxygen atoms in total. The maximum Gasteiger partial charge on any atom is 0.0409 e. The molecule has 2 aromatic rings. The fourth-order valence-corrected chi connectivity index (χ4v) is 4.04. The van der Waals surface area contributed by atoms with E-state index in [1.54, 1.807) is 0 Å². The van der Waals surface area contributed by atoms with Crippen LogP contribution in [0, 0.1) is 12.3 Å². The standard InChI is InChI=1S/C17H21Br/c1-12-9-10-13-7-5-6-8-14(13)16(12)15(18)11-17(2,3)4/h5-10,15H,11H2,1-4H3. The highest BCUT2D eigenvalue weighted by atomic mass is 79.9. The topological polar surface area (TPSA) is 0 Å². The summed E-state index contributed by atoms with van der Waals surface area (Å²) in [6.07, 6.45) is 1.14. The number of alkyl halides is 1. The average molecular weight is 305 g/mol. The van der Waals surface area contributed by atoms with Crippen LogP contribution in [0.1, 0.15) is 43.1 Å². The Morgan fingerprint density at radius 3 is 2.39 bits per heavy atom. The minimum absolute atomic E-state index is 0.331. The van der Waals surface area contributed by atoms with Crippen molar-refractivity contribution >= 4 is 26.7 Å². The van der Waals surface area contributed by atoms with Gasteiger partial charge in [0.05, 0.1) is 0 Å². The van der Waals surface area contributed by atoms with Crippen LogP contribution in [0.25, 0.3) is 10.8 Å². The number of benzene rings is 2. The third-order valence-electron chi connectivity index (χ3n) is 3.29. The van der Waals surface area contributed by atoms with Gasteiger partial charge in [0.1, 0.15) is 0 Å². The van der Waals surface area contributed by atoms with Crippen LogP contribution >= 0.6 is 15.9 Å². The van der Waals surface area contributed by atoms with Crippen molar-refractivity contribution in [2.45, 2.75) is 38.9 Å². The van der Waals surface area contributed by atoms with Crippen molar-refractivity contribution in [1.29, 1.82) is 0 Å². The van der Waals surface area contributed by atoms with Gasteiger partial charge >= 0.3 is 0 Å². The zero-order chi connectivity index (χ0) is 13.3. The van der Waals surface area contributed by atoms with Gasteiger partial charge in [-0.15, -0.1) is 0 Å². The largest absolute Gasteiger partial charge is 0.0838 e. The van der Waals surface area contributed by atoms with Gasteiger partial charge in [0, 0.05) is 4.83 Å². The van der Waals surface area contributed by atoms with E-state index >= 15 is 0 Å². The molecule has 0 radical (unpaired) electrons. The molecule has 0 heterocycles. The molecule has 0 aliphatic carbocycles. The Kier molecular flexibility index (Phi) is 3.82. The number of hydrogen-bond acceptors (Lipinski definition) is 0. The van der Waals surface area contributed by atoms with Crippen LogP contribution in [0.15, 0.2) is 36.4 Å². The lowest BCUT2D eigenvalue weighted by atomic mass is 9.86. The molecule has 0 aliphatic rings. The van der Waals surface area contributed by atoms with Crippen molar-refractivity contribution in [2.75, 3.05) is 0 Å². The maximum absolute atomic E-state index is 3.89. The molecule has 0 saturated carbocycles. The highest BCUT2D eigenvalue weighted by Gasteiger charge is 2.20. The Morgan fingerprint density at radius 1 is 1.06 bits per heavy atom. The molecule has 0 fully saturated rings. The first-order chi connectivity index (χ1) is 8.38. The van der Waals surface area contributed by atoms with E-state index in [-0.39, 0.29) is 0 Å². The lowest BCUT2D eigenvalue weighted by Gasteiger charge is -2.24. The third kappa shape index (κ3) is 2.95. The van der Waals surface area contributed by atoms with E-state index in [2.05, 4.69) is 80.0 Å². The Bertz CT molecular complexity index is 549. The van der Waals surface area contributed by atoms with E-state index in [0.29, 0.717) is 10.2 Å². The van der Waals surface area contributed by atoms with Gasteiger partial charge in [-0.05, 0) is 40.7 Å². The first-order valence-electron chi connectivity index (χ1n) is 6.51. The molecule has 18 heavy (non-hydrogen) atoms. The number of fused-ring (bicyclic) bond motifs is 1. The summed E-state index contributed by atoms with van der Waals surface area (Å²) in [5.41, 5.74) is 3.15. The molecule has 2 rings (SSSR count). The molecular formula is C17H21Br. The fraction of sp³-hybridized carbons (Fsp3) is 0.412. The number of halogens is 1. The second kappa shape index (κ2) is 5.05. The van der Waals surface area contributed by atoms with Crippen LogP contribution < -0.4 is 0 Å². The minimum Gasteiger partial charge on any atom is -0.0838 e. The number of aryl methyl sites for hydroxylation is 1. The van der Waals surface area contributed by atoms with Crippen LogP contribution in [-0.4, -0.2) is 0 Å². The maximum atomic E-state index is 3.89. The molecule has 0 spiro atoms. The molecule has 0 N–H and O–H groups in total. The van der Waals surface area contributed by atoms with Crippen molar-refractivity contribution in [3.63, 3.8) is 0 Å². The van der Waals surface area contributed by atoms with E-state index in [1.807, 2.05) is 0 Å². The molecule has 2 aromatic carbocycles. The van der Waals surface area contributed by atoms with E-state index in [1.165, 1.54) is 21.9 Å². The second-order valence-corrected chi connectivity index (χ2v) is 7.35. The first-order valence-corrected chi connectivity index (χ1v) is 7.42. The number of rotatable bonds is 2. The predicted molar refractivity (Wildman–Crippen MR) is 84.4 cm³/mol. The van der Waals surface area contributed by atoms with Gasteiger partial charge in [0.15, 0.2) is 0 Å². The summed E-state index contributed by atoms with van der Waals surface area (Å²) in [6.45, 7) is 9.09. The molecule has 0 aliphatic heterocycles. The summed E-state index contributed by atoms with van der Waals surface area (Å²) in [5.74, 6) is 0. The molecule has 1 unspecified atom stereocenters. The highest BCUT2D eigenvalue weighted by molar-refractivity contribution is 9.09. The summed E-state index contributed by atoms with van der Waals surface area (Å²) in [5, 5.41) is 2.71. The Morgan fingerprint density at radius 2 is 1.72 bits per heavy atom. The molecule has 96 valence electrons. The van der Waals surface area contributed by atoms with E-state index < -0.39 is 0 Å². The van der Waals surface area contributed by atoms with Crippen molar-refractivity contribution in [2.24, 2.45) is 5.41 Å².